The second kappa shape index (κ2) is 5.59. The largest absolute Gasteiger partial charge is 0.486 e. The van der Waals surface area contributed by atoms with Crippen molar-refractivity contribution in [2.24, 2.45) is 16.8 Å². The first-order valence-electron chi connectivity index (χ1n) is 5.00. The van der Waals surface area contributed by atoms with Gasteiger partial charge in [0.2, 0.25) is 0 Å². The normalized spacial score (nSPS) is 10.7. The molecule has 0 aliphatic heterocycles. The maximum Gasteiger partial charge on any atom is 0.148 e. The summed E-state index contributed by atoms with van der Waals surface area (Å²) in [5.74, 6) is 11.7. The number of H-pyrrole nitrogens is 1. The fraction of sp³-hybridized carbons (Fsp3) is 0.111. The highest BCUT2D eigenvalue weighted by molar-refractivity contribution is 5.75. The van der Waals surface area contributed by atoms with E-state index in [9.17, 15) is 0 Å². The van der Waals surface area contributed by atoms with Gasteiger partial charge in [0.1, 0.15) is 30.2 Å². The van der Waals surface area contributed by atoms with Crippen molar-refractivity contribution in [1.29, 1.82) is 0 Å². The van der Waals surface area contributed by atoms with Gasteiger partial charge in [-0.25, -0.2) is 15.8 Å². The van der Waals surface area contributed by atoms with Crippen molar-refractivity contribution in [3.63, 3.8) is 0 Å². The second-order valence-electron chi connectivity index (χ2n) is 3.27. The van der Waals surface area contributed by atoms with Crippen molar-refractivity contribution >= 4 is 12.2 Å². The molecule has 18 heavy (non-hydrogen) atoms. The van der Waals surface area contributed by atoms with Gasteiger partial charge in [0.15, 0.2) is 0 Å². The van der Waals surface area contributed by atoms with Crippen molar-refractivity contribution in [1.82, 2.24) is 20.4 Å². The number of hydrogen-bond acceptors (Lipinski definition) is 7. The molecule has 0 atom stereocenters. The second-order valence-corrected chi connectivity index (χ2v) is 3.27. The molecule has 0 aliphatic rings. The van der Waals surface area contributed by atoms with Crippen LogP contribution in [0.4, 0.5) is 5.82 Å². The molecule has 9 heteroatoms. The van der Waals surface area contributed by atoms with E-state index in [1.165, 1.54) is 11.3 Å². The summed E-state index contributed by atoms with van der Waals surface area (Å²) >= 11 is 0. The summed E-state index contributed by atoms with van der Waals surface area (Å²) in [6, 6.07) is 3.41. The number of aromatic nitrogens is 4. The van der Waals surface area contributed by atoms with Crippen LogP contribution < -0.4 is 21.4 Å². The molecule has 94 valence electrons. The minimum atomic E-state index is 0.314. The van der Waals surface area contributed by atoms with Crippen LogP contribution in [0.25, 0.3) is 0 Å². The van der Waals surface area contributed by atoms with Crippen LogP contribution in [0, 0.1) is 0 Å². The Morgan fingerprint density at radius 1 is 1.44 bits per heavy atom. The van der Waals surface area contributed by atoms with Crippen LogP contribution in [0.3, 0.4) is 0 Å². The molecule has 2 rings (SSSR count). The first-order chi connectivity index (χ1) is 8.79. The van der Waals surface area contributed by atoms with Crippen LogP contribution in [-0.4, -0.2) is 26.7 Å². The zero-order valence-corrected chi connectivity index (χ0v) is 9.39. The average Bonchev–Trinajstić information content (AvgIpc) is 2.90. The number of ether oxygens (including phenoxy) is 1. The van der Waals surface area contributed by atoms with Gasteiger partial charge < -0.3 is 10.6 Å². The van der Waals surface area contributed by atoms with Crippen molar-refractivity contribution in [2.45, 2.75) is 6.61 Å². The maximum absolute atomic E-state index is 5.59. The van der Waals surface area contributed by atoms with Gasteiger partial charge in [-0.2, -0.15) is 20.5 Å². The van der Waals surface area contributed by atoms with E-state index in [2.05, 4.69) is 25.5 Å². The summed E-state index contributed by atoms with van der Waals surface area (Å²) in [6.07, 6.45) is 4.37. The number of hydrogen-bond donors (Lipinski definition) is 3. The summed E-state index contributed by atoms with van der Waals surface area (Å²) in [6.45, 7) is 0.314. The van der Waals surface area contributed by atoms with Crippen molar-refractivity contribution < 1.29 is 4.74 Å². The molecule has 5 N–H and O–H groups in total. The van der Waals surface area contributed by atoms with E-state index in [0.717, 1.165) is 0 Å². The molecule has 0 bridgehead atoms. The molecule has 0 unspecified atom stereocenters. The molecule has 0 saturated heterocycles. The van der Waals surface area contributed by atoms with Crippen LogP contribution >= 0.6 is 0 Å². The molecule has 0 saturated carbocycles. The van der Waals surface area contributed by atoms with Crippen molar-refractivity contribution in [2.75, 3.05) is 5.01 Å². The predicted molar refractivity (Wildman–Crippen MR) is 64.3 cm³/mol. The molecule has 2 aromatic rings. The minimum absolute atomic E-state index is 0.314. The van der Waals surface area contributed by atoms with E-state index in [1.54, 1.807) is 24.5 Å². The molecular weight excluding hydrogens is 236 g/mol. The summed E-state index contributed by atoms with van der Waals surface area (Å²) in [5.41, 5.74) is 0.704. The lowest BCUT2D eigenvalue weighted by atomic mass is 10.4. The lowest BCUT2D eigenvalue weighted by Gasteiger charge is -2.11. The van der Waals surface area contributed by atoms with Crippen LogP contribution in [0.5, 0.6) is 5.75 Å². The molecule has 0 fully saturated rings. The summed E-state index contributed by atoms with van der Waals surface area (Å²) in [5, 5.41) is 14.5. The Kier molecular flexibility index (Phi) is 3.66. The number of anilines is 1. The summed E-state index contributed by atoms with van der Waals surface area (Å²) in [7, 11) is 0. The van der Waals surface area contributed by atoms with E-state index in [4.69, 9.17) is 16.4 Å². The highest BCUT2D eigenvalue weighted by atomic mass is 16.5. The molecule has 2 aromatic heterocycles. The number of nitrogens with zero attached hydrogens (tertiary/aromatic N) is 5. The van der Waals surface area contributed by atoms with Crippen LogP contribution in [0.1, 0.15) is 5.69 Å². The van der Waals surface area contributed by atoms with Gasteiger partial charge in [-0.15, -0.1) is 0 Å². The number of rotatable bonds is 5. The average molecular weight is 248 g/mol. The fourth-order valence-corrected chi connectivity index (χ4v) is 1.19. The van der Waals surface area contributed by atoms with Gasteiger partial charge in [-0.3, -0.25) is 0 Å². The topological polar surface area (TPSA) is 131 Å². The Morgan fingerprint density at radius 2 is 2.33 bits per heavy atom. The predicted octanol–water partition coefficient (Wildman–Crippen LogP) is -0.639. The third kappa shape index (κ3) is 2.92. The molecule has 0 radical (unpaired) electrons. The van der Waals surface area contributed by atoms with E-state index in [0.29, 0.717) is 23.9 Å². The van der Waals surface area contributed by atoms with Gasteiger partial charge in [-0.05, 0) is 12.1 Å². The Hall–Kier alpha value is -2.68. The van der Waals surface area contributed by atoms with Gasteiger partial charge in [0, 0.05) is 0 Å². The van der Waals surface area contributed by atoms with E-state index in [1.807, 2.05) is 0 Å². The minimum Gasteiger partial charge on any atom is -0.486 e. The Morgan fingerprint density at radius 3 is 2.94 bits per heavy atom. The molecule has 2 heterocycles. The molecule has 0 aromatic carbocycles. The highest BCUT2D eigenvalue weighted by Crippen LogP contribution is 2.14. The standard InChI is InChI=1S/C9H12N8O/c10-13-6-17(11)9-2-1-8(4-12-9)18-5-7-3-14-16-15-7/h1-4,6H,5,10-11H2,(H,14,15,16)/b13-6-. The number of pyridine rings is 1. The van der Waals surface area contributed by atoms with Gasteiger partial charge in [0.25, 0.3) is 0 Å². The van der Waals surface area contributed by atoms with Crippen LogP contribution in [-0.2, 0) is 6.61 Å². The smallest absolute Gasteiger partial charge is 0.148 e. The number of nitrogens with two attached hydrogens (primary N) is 2. The first kappa shape index (κ1) is 11.8. The lowest BCUT2D eigenvalue weighted by Crippen LogP contribution is -2.30. The number of hydrazine groups is 1. The molecular formula is C9H12N8O. The zero-order chi connectivity index (χ0) is 12.8. The highest BCUT2D eigenvalue weighted by Gasteiger charge is 2.02. The molecule has 0 aliphatic carbocycles. The third-order valence-electron chi connectivity index (χ3n) is 2.03. The van der Waals surface area contributed by atoms with Gasteiger partial charge in [-0.1, -0.05) is 0 Å². The number of aromatic amines is 1. The van der Waals surface area contributed by atoms with Crippen molar-refractivity contribution in [3.05, 3.63) is 30.2 Å². The van der Waals surface area contributed by atoms with E-state index >= 15 is 0 Å². The fourth-order valence-electron chi connectivity index (χ4n) is 1.19. The first-order valence-corrected chi connectivity index (χ1v) is 5.00. The number of hydrazone groups is 1. The molecule has 0 spiro atoms. The van der Waals surface area contributed by atoms with Gasteiger partial charge in [0.05, 0.1) is 12.4 Å². The monoisotopic (exact) mass is 248 g/mol. The van der Waals surface area contributed by atoms with Crippen LogP contribution in [0.15, 0.2) is 29.6 Å². The SMILES string of the molecule is N/N=C\N(N)c1ccc(OCc2cn[nH]n2)cn1. The lowest BCUT2D eigenvalue weighted by molar-refractivity contribution is 0.300. The maximum atomic E-state index is 5.59. The third-order valence-corrected chi connectivity index (χ3v) is 2.03. The van der Waals surface area contributed by atoms with Crippen LogP contribution in [0.2, 0.25) is 0 Å². The van der Waals surface area contributed by atoms with Gasteiger partial charge >= 0.3 is 0 Å². The van der Waals surface area contributed by atoms with E-state index in [-0.39, 0.29) is 0 Å². The van der Waals surface area contributed by atoms with E-state index < -0.39 is 0 Å². The quantitative estimate of drug-likeness (QED) is 0.277. The Labute approximate surface area is 102 Å². The molecule has 0 amide bonds. The molecule has 9 nitrogen and oxygen atoms in total. The zero-order valence-electron chi connectivity index (χ0n) is 9.39. The Balaban J connectivity index is 1.95. The number of nitrogens with one attached hydrogen (secondary N) is 1. The Bertz CT molecular complexity index is 494. The van der Waals surface area contributed by atoms with Crippen molar-refractivity contribution in [3.8, 4) is 5.75 Å². The summed E-state index contributed by atoms with van der Waals surface area (Å²) in [4.78, 5) is 4.08. The summed E-state index contributed by atoms with van der Waals surface area (Å²) < 4.78 is 5.44.